The predicted molar refractivity (Wildman–Crippen MR) is 80.1 cm³/mol. The zero-order chi connectivity index (χ0) is 15.1. The lowest BCUT2D eigenvalue weighted by molar-refractivity contribution is -0.305. The summed E-state index contributed by atoms with van der Waals surface area (Å²) in [4.78, 5) is 21.6. The third kappa shape index (κ3) is 14.7. The van der Waals surface area contributed by atoms with Gasteiger partial charge in [-0.05, 0) is 38.5 Å². The van der Waals surface area contributed by atoms with Crippen LogP contribution in [0, 0.1) is 0 Å². The molecule has 0 aliphatic heterocycles. The Labute approximate surface area is 122 Å². The number of rotatable bonds is 13. The highest BCUT2D eigenvalue weighted by atomic mass is 16.4. The van der Waals surface area contributed by atoms with Crippen LogP contribution in [-0.2, 0) is 9.59 Å². The summed E-state index contributed by atoms with van der Waals surface area (Å²) >= 11 is 0. The van der Waals surface area contributed by atoms with Crippen LogP contribution in [0.4, 0.5) is 0 Å². The molecular formula is C17H27O3-. The fraction of sp³-hybridized carbons (Fsp3) is 0.647. The summed E-state index contributed by atoms with van der Waals surface area (Å²) in [5.74, 6) is -0.622. The fourth-order valence-corrected chi connectivity index (χ4v) is 1.81. The van der Waals surface area contributed by atoms with Crippen LogP contribution in [0.3, 0.4) is 0 Å². The number of hydrogen-bond acceptors (Lipinski definition) is 3. The second kappa shape index (κ2) is 14.0. The van der Waals surface area contributed by atoms with E-state index in [0.29, 0.717) is 18.6 Å². The van der Waals surface area contributed by atoms with Gasteiger partial charge in [0.05, 0.1) is 0 Å². The first-order chi connectivity index (χ1) is 9.66. The van der Waals surface area contributed by atoms with Gasteiger partial charge in [-0.2, -0.15) is 0 Å². The Kier molecular flexibility index (Phi) is 13.1. The number of carboxylic acids is 1. The van der Waals surface area contributed by atoms with E-state index >= 15 is 0 Å². The monoisotopic (exact) mass is 279 g/mol. The number of carbonyl (C=O) groups is 2. The molecule has 0 spiro atoms. The summed E-state index contributed by atoms with van der Waals surface area (Å²) in [7, 11) is 0. The number of ketones is 1. The van der Waals surface area contributed by atoms with Crippen LogP contribution in [0.15, 0.2) is 24.3 Å². The van der Waals surface area contributed by atoms with Gasteiger partial charge in [0.1, 0.15) is 5.78 Å². The van der Waals surface area contributed by atoms with Crippen molar-refractivity contribution in [1.29, 1.82) is 0 Å². The van der Waals surface area contributed by atoms with Crippen molar-refractivity contribution in [3.8, 4) is 0 Å². The van der Waals surface area contributed by atoms with Crippen molar-refractivity contribution in [2.45, 2.75) is 71.1 Å². The average Bonchev–Trinajstić information content (AvgIpc) is 2.41. The molecule has 0 saturated heterocycles. The maximum atomic E-state index is 11.5. The molecule has 0 atom stereocenters. The zero-order valence-corrected chi connectivity index (χ0v) is 12.6. The van der Waals surface area contributed by atoms with Gasteiger partial charge in [-0.15, -0.1) is 0 Å². The van der Waals surface area contributed by atoms with Crippen molar-refractivity contribution in [3.63, 3.8) is 0 Å². The van der Waals surface area contributed by atoms with Crippen molar-refractivity contribution >= 4 is 11.8 Å². The van der Waals surface area contributed by atoms with E-state index < -0.39 is 5.97 Å². The summed E-state index contributed by atoms with van der Waals surface area (Å²) < 4.78 is 0. The quantitative estimate of drug-likeness (QED) is 0.384. The molecule has 0 aliphatic rings. The Morgan fingerprint density at radius 3 is 2.20 bits per heavy atom. The molecule has 0 N–H and O–H groups in total. The minimum Gasteiger partial charge on any atom is -0.550 e. The summed E-state index contributed by atoms with van der Waals surface area (Å²) in [6.07, 6.45) is 16.0. The van der Waals surface area contributed by atoms with Crippen LogP contribution >= 0.6 is 0 Å². The van der Waals surface area contributed by atoms with Crippen LogP contribution in [0.2, 0.25) is 0 Å². The highest BCUT2D eigenvalue weighted by Crippen LogP contribution is 2.04. The van der Waals surface area contributed by atoms with Crippen LogP contribution in [0.1, 0.15) is 71.1 Å². The van der Waals surface area contributed by atoms with E-state index in [4.69, 9.17) is 0 Å². The molecular weight excluding hydrogens is 252 g/mol. The minimum absolute atomic E-state index is 0.125. The number of carboxylic acid groups (broad SMARTS) is 1. The van der Waals surface area contributed by atoms with Crippen molar-refractivity contribution in [3.05, 3.63) is 24.3 Å². The van der Waals surface area contributed by atoms with Gasteiger partial charge in [-0.1, -0.05) is 44.1 Å². The number of Topliss-reactive ketones (excluding diaryl/α,β-unsaturated/α-hetero) is 1. The number of carbonyl (C=O) groups excluding carboxylic acids is 2. The molecule has 0 heterocycles. The first-order valence-corrected chi connectivity index (χ1v) is 7.68. The van der Waals surface area contributed by atoms with E-state index in [1.54, 1.807) is 0 Å². The average molecular weight is 279 g/mol. The van der Waals surface area contributed by atoms with E-state index in [0.717, 1.165) is 44.9 Å². The van der Waals surface area contributed by atoms with E-state index in [2.05, 4.69) is 13.0 Å². The number of aliphatic carboxylic acids is 1. The Morgan fingerprint density at radius 2 is 1.55 bits per heavy atom. The molecule has 20 heavy (non-hydrogen) atoms. The second-order valence-electron chi connectivity index (χ2n) is 4.98. The van der Waals surface area contributed by atoms with Crippen molar-refractivity contribution in [1.82, 2.24) is 0 Å². The van der Waals surface area contributed by atoms with Crippen molar-refractivity contribution < 1.29 is 14.7 Å². The molecule has 0 aromatic carbocycles. The summed E-state index contributed by atoms with van der Waals surface area (Å²) in [6, 6.07) is 0. The normalized spacial score (nSPS) is 11.4. The predicted octanol–water partition coefficient (Wildman–Crippen LogP) is 3.34. The molecule has 0 aromatic rings. The minimum atomic E-state index is -0.984. The highest BCUT2D eigenvalue weighted by molar-refractivity contribution is 5.78. The molecule has 0 aromatic heterocycles. The lowest BCUT2D eigenvalue weighted by Crippen LogP contribution is -2.21. The molecule has 114 valence electrons. The maximum absolute atomic E-state index is 11.5. The molecule has 0 amide bonds. The van der Waals surface area contributed by atoms with Gasteiger partial charge >= 0.3 is 0 Å². The van der Waals surface area contributed by atoms with E-state index in [1.165, 1.54) is 0 Å². The summed E-state index contributed by atoms with van der Waals surface area (Å²) in [5, 5.41) is 10.2. The van der Waals surface area contributed by atoms with Crippen LogP contribution in [-0.4, -0.2) is 11.8 Å². The van der Waals surface area contributed by atoms with Gasteiger partial charge in [0.2, 0.25) is 0 Å². The van der Waals surface area contributed by atoms with Crippen LogP contribution < -0.4 is 5.11 Å². The molecule has 3 nitrogen and oxygen atoms in total. The van der Waals surface area contributed by atoms with E-state index in [1.807, 2.05) is 18.2 Å². The van der Waals surface area contributed by atoms with Gasteiger partial charge < -0.3 is 9.90 Å². The SMILES string of the molecule is CCCCCC(=O)CC/C=C/C/C=C\CCCC(=O)[O-]. The first kappa shape index (κ1) is 18.6. The van der Waals surface area contributed by atoms with E-state index in [9.17, 15) is 14.7 Å². The molecule has 0 unspecified atom stereocenters. The van der Waals surface area contributed by atoms with Gasteiger partial charge in [0, 0.05) is 18.8 Å². The number of unbranched alkanes of at least 4 members (excludes halogenated alkanes) is 3. The number of hydrogen-bond donors (Lipinski definition) is 0. The molecule has 0 saturated carbocycles. The van der Waals surface area contributed by atoms with Gasteiger partial charge in [0.25, 0.3) is 0 Å². The van der Waals surface area contributed by atoms with E-state index in [-0.39, 0.29) is 6.42 Å². The topological polar surface area (TPSA) is 57.2 Å². The molecule has 0 aliphatic carbocycles. The standard InChI is InChI=1S/C17H28O3/c1-2-3-10-13-16(18)14-11-8-6-4-5-7-9-12-15-17(19)20/h5-8H,2-4,9-15H2,1H3,(H,19,20)/p-1/b7-5-,8-6+. The Balaban J connectivity index is 3.41. The van der Waals surface area contributed by atoms with Gasteiger partial charge in [-0.25, -0.2) is 0 Å². The molecule has 0 radical (unpaired) electrons. The lowest BCUT2D eigenvalue weighted by atomic mass is 10.1. The maximum Gasteiger partial charge on any atom is 0.133 e. The van der Waals surface area contributed by atoms with Crippen LogP contribution in [0.25, 0.3) is 0 Å². The molecule has 0 bridgehead atoms. The Bertz CT molecular complexity index is 316. The first-order valence-electron chi connectivity index (χ1n) is 7.68. The largest absolute Gasteiger partial charge is 0.550 e. The van der Waals surface area contributed by atoms with Crippen molar-refractivity contribution in [2.24, 2.45) is 0 Å². The molecule has 3 heteroatoms. The lowest BCUT2D eigenvalue weighted by Gasteiger charge is -1.97. The number of allylic oxidation sites excluding steroid dienone is 4. The highest BCUT2D eigenvalue weighted by Gasteiger charge is 1.98. The van der Waals surface area contributed by atoms with Crippen molar-refractivity contribution in [2.75, 3.05) is 0 Å². The Hall–Kier alpha value is -1.38. The summed E-state index contributed by atoms with van der Waals surface area (Å²) in [6.45, 7) is 2.14. The third-order valence-electron chi connectivity index (χ3n) is 3.01. The Morgan fingerprint density at radius 1 is 0.850 bits per heavy atom. The zero-order valence-electron chi connectivity index (χ0n) is 12.6. The fourth-order valence-electron chi connectivity index (χ4n) is 1.81. The third-order valence-corrected chi connectivity index (χ3v) is 3.01. The van der Waals surface area contributed by atoms with Gasteiger partial charge in [-0.3, -0.25) is 4.79 Å². The second-order valence-corrected chi connectivity index (χ2v) is 4.98. The van der Waals surface area contributed by atoms with Crippen LogP contribution in [0.5, 0.6) is 0 Å². The summed E-state index contributed by atoms with van der Waals surface area (Å²) in [5.41, 5.74) is 0. The smallest absolute Gasteiger partial charge is 0.133 e. The molecule has 0 rings (SSSR count). The molecule has 0 fully saturated rings. The van der Waals surface area contributed by atoms with Gasteiger partial charge in [0.15, 0.2) is 0 Å².